The molecular weight excluding hydrogens is 422 g/mol. The Morgan fingerprint density at radius 3 is 2.72 bits per heavy atom. The van der Waals surface area contributed by atoms with Gasteiger partial charge in [0.25, 0.3) is 5.56 Å². The summed E-state index contributed by atoms with van der Waals surface area (Å²) in [5.74, 6) is -0.473. The summed E-state index contributed by atoms with van der Waals surface area (Å²) in [4.78, 5) is 21.8. The smallest absolute Gasteiger partial charge is 0.266 e. The lowest BCUT2D eigenvalue weighted by Gasteiger charge is -2.13. The van der Waals surface area contributed by atoms with E-state index >= 15 is 0 Å². The van der Waals surface area contributed by atoms with Crippen molar-refractivity contribution >= 4 is 34.3 Å². The van der Waals surface area contributed by atoms with Gasteiger partial charge in [0, 0.05) is 17.5 Å². The molecule has 0 amide bonds. The average Bonchev–Trinajstić information content (AvgIpc) is 3.16. The summed E-state index contributed by atoms with van der Waals surface area (Å²) in [7, 11) is 0. The van der Waals surface area contributed by atoms with Crippen LogP contribution in [-0.4, -0.2) is 19.7 Å². The van der Waals surface area contributed by atoms with Crippen LogP contribution in [0.25, 0.3) is 16.6 Å². The van der Waals surface area contributed by atoms with E-state index in [2.05, 4.69) is 15.1 Å². The van der Waals surface area contributed by atoms with E-state index in [0.29, 0.717) is 34.7 Å². The minimum absolute atomic E-state index is 0.115. The second kappa shape index (κ2) is 7.92. The predicted molar refractivity (Wildman–Crippen MR) is 106 cm³/mol. The molecule has 0 bridgehead atoms. The molecule has 4 rings (SSSR count). The van der Waals surface area contributed by atoms with Crippen molar-refractivity contribution in [2.45, 2.75) is 24.3 Å². The molecule has 10 heteroatoms. The molecule has 0 atom stereocenters. The number of benzene rings is 2. The molecule has 0 saturated carbocycles. The fourth-order valence-corrected chi connectivity index (χ4v) is 3.75. The van der Waals surface area contributed by atoms with Gasteiger partial charge < -0.3 is 4.52 Å². The standard InChI is InChI=1S/C19H13ClF2N4O2S/c1-2-17-24-16(25-28-17)9-29-19-23-14-5-3-10(20)7-12(14)18(27)26(19)15-6-4-11(21)8-13(15)22/h3-8H,2,9H2,1H3. The maximum Gasteiger partial charge on any atom is 0.266 e. The first-order valence-corrected chi connectivity index (χ1v) is 9.94. The summed E-state index contributed by atoms with van der Waals surface area (Å²) in [6.45, 7) is 1.88. The molecule has 4 aromatic rings. The third-order valence-corrected chi connectivity index (χ3v) is 5.26. The SMILES string of the molecule is CCc1nc(CSc2nc3ccc(Cl)cc3c(=O)n2-c2ccc(F)cc2F)no1. The molecule has 2 aromatic heterocycles. The fourth-order valence-electron chi connectivity index (χ4n) is 2.73. The van der Waals surface area contributed by atoms with Crippen molar-refractivity contribution in [2.75, 3.05) is 0 Å². The molecule has 0 aliphatic carbocycles. The topological polar surface area (TPSA) is 73.8 Å². The largest absolute Gasteiger partial charge is 0.339 e. The quantitative estimate of drug-likeness (QED) is 0.339. The molecule has 6 nitrogen and oxygen atoms in total. The van der Waals surface area contributed by atoms with Crippen molar-refractivity contribution in [1.29, 1.82) is 0 Å². The van der Waals surface area contributed by atoms with Crippen LogP contribution in [0.2, 0.25) is 5.02 Å². The van der Waals surface area contributed by atoms with Crippen LogP contribution in [0.15, 0.2) is 50.9 Å². The Kier molecular flexibility index (Phi) is 5.33. The zero-order valence-corrected chi connectivity index (χ0v) is 16.6. The molecular formula is C19H13ClF2N4O2S. The van der Waals surface area contributed by atoms with Crippen molar-refractivity contribution in [3.63, 3.8) is 0 Å². The number of hydrogen-bond acceptors (Lipinski definition) is 6. The first-order valence-electron chi connectivity index (χ1n) is 8.58. The van der Waals surface area contributed by atoms with Gasteiger partial charge in [-0.05, 0) is 30.3 Å². The minimum Gasteiger partial charge on any atom is -0.339 e. The number of halogens is 3. The Morgan fingerprint density at radius 1 is 1.17 bits per heavy atom. The van der Waals surface area contributed by atoms with Crippen LogP contribution >= 0.6 is 23.4 Å². The van der Waals surface area contributed by atoms with Gasteiger partial charge in [0.05, 0.1) is 22.3 Å². The average molecular weight is 435 g/mol. The Bertz CT molecular complexity index is 1280. The third-order valence-electron chi connectivity index (χ3n) is 4.09. The van der Waals surface area contributed by atoms with Crippen molar-refractivity contribution in [2.24, 2.45) is 0 Å². The molecule has 0 fully saturated rings. The number of aromatic nitrogens is 4. The zero-order valence-electron chi connectivity index (χ0n) is 15.0. The summed E-state index contributed by atoms with van der Waals surface area (Å²) in [5.41, 5.74) is -0.230. The molecule has 2 aromatic carbocycles. The Hall–Kier alpha value is -2.78. The van der Waals surface area contributed by atoms with Crippen molar-refractivity contribution in [1.82, 2.24) is 19.7 Å². The number of fused-ring (bicyclic) bond motifs is 1. The lowest BCUT2D eigenvalue weighted by molar-refractivity contribution is 0.378. The van der Waals surface area contributed by atoms with E-state index in [-0.39, 0.29) is 22.0 Å². The van der Waals surface area contributed by atoms with E-state index < -0.39 is 17.2 Å². The first kappa shape index (κ1) is 19.5. The van der Waals surface area contributed by atoms with Crippen LogP contribution in [-0.2, 0) is 12.2 Å². The van der Waals surface area contributed by atoms with Gasteiger partial charge in [0.15, 0.2) is 11.0 Å². The van der Waals surface area contributed by atoms with E-state index in [1.165, 1.54) is 12.1 Å². The molecule has 0 aliphatic rings. The van der Waals surface area contributed by atoms with Crippen molar-refractivity contribution in [3.05, 3.63) is 75.1 Å². The lowest BCUT2D eigenvalue weighted by atomic mass is 10.2. The highest BCUT2D eigenvalue weighted by atomic mass is 35.5. The molecule has 0 saturated heterocycles. The fraction of sp³-hybridized carbons (Fsp3) is 0.158. The number of thioether (sulfide) groups is 1. The highest BCUT2D eigenvalue weighted by Crippen LogP contribution is 2.26. The Balaban J connectivity index is 1.86. The minimum atomic E-state index is -0.884. The summed E-state index contributed by atoms with van der Waals surface area (Å²) in [5, 5.41) is 4.64. The molecule has 0 radical (unpaired) electrons. The molecule has 0 N–H and O–H groups in total. The molecule has 0 unspecified atom stereocenters. The van der Waals surface area contributed by atoms with E-state index in [0.717, 1.165) is 22.4 Å². The van der Waals surface area contributed by atoms with Crippen LogP contribution in [0.3, 0.4) is 0 Å². The van der Waals surface area contributed by atoms with Crippen LogP contribution in [0.1, 0.15) is 18.6 Å². The predicted octanol–water partition coefficient (Wildman–Crippen LogP) is 4.56. The Labute approximate surface area is 172 Å². The summed E-state index contributed by atoms with van der Waals surface area (Å²) >= 11 is 7.14. The lowest BCUT2D eigenvalue weighted by Crippen LogP contribution is -2.23. The summed E-state index contributed by atoms with van der Waals surface area (Å²) in [6.07, 6.45) is 0.595. The van der Waals surface area contributed by atoms with Gasteiger partial charge in [-0.25, -0.2) is 13.8 Å². The highest BCUT2D eigenvalue weighted by molar-refractivity contribution is 7.98. The second-order valence-corrected chi connectivity index (χ2v) is 7.42. The van der Waals surface area contributed by atoms with Gasteiger partial charge in [-0.3, -0.25) is 9.36 Å². The maximum atomic E-state index is 14.5. The summed E-state index contributed by atoms with van der Waals surface area (Å²) in [6, 6.07) is 7.67. The van der Waals surface area contributed by atoms with Crippen LogP contribution in [0, 0.1) is 11.6 Å². The van der Waals surface area contributed by atoms with E-state index in [1.54, 1.807) is 12.1 Å². The van der Waals surface area contributed by atoms with Crippen LogP contribution < -0.4 is 5.56 Å². The molecule has 148 valence electrons. The van der Waals surface area contributed by atoms with Gasteiger partial charge in [0.2, 0.25) is 5.89 Å². The molecule has 29 heavy (non-hydrogen) atoms. The first-order chi connectivity index (χ1) is 14.0. The van der Waals surface area contributed by atoms with Gasteiger partial charge >= 0.3 is 0 Å². The molecule has 2 heterocycles. The van der Waals surface area contributed by atoms with E-state index in [9.17, 15) is 13.6 Å². The highest BCUT2D eigenvalue weighted by Gasteiger charge is 2.18. The second-order valence-electron chi connectivity index (χ2n) is 6.04. The van der Waals surface area contributed by atoms with Gasteiger partial charge in [-0.2, -0.15) is 4.98 Å². The van der Waals surface area contributed by atoms with Gasteiger partial charge in [-0.15, -0.1) is 0 Å². The van der Waals surface area contributed by atoms with E-state index in [4.69, 9.17) is 16.1 Å². The maximum absolute atomic E-state index is 14.5. The van der Waals surface area contributed by atoms with E-state index in [1.807, 2.05) is 6.92 Å². The normalized spacial score (nSPS) is 11.3. The number of rotatable bonds is 5. The zero-order chi connectivity index (χ0) is 20.5. The number of aryl methyl sites for hydroxylation is 1. The van der Waals surface area contributed by atoms with Crippen LogP contribution in [0.4, 0.5) is 8.78 Å². The van der Waals surface area contributed by atoms with Crippen molar-refractivity contribution in [3.8, 4) is 5.69 Å². The summed E-state index contributed by atoms with van der Waals surface area (Å²) < 4.78 is 34.0. The monoisotopic (exact) mass is 434 g/mol. The van der Waals surface area contributed by atoms with Crippen LogP contribution in [0.5, 0.6) is 0 Å². The molecule has 0 aliphatic heterocycles. The molecule has 0 spiro atoms. The third kappa shape index (κ3) is 3.88. The number of hydrogen-bond donors (Lipinski definition) is 0. The van der Waals surface area contributed by atoms with Gasteiger partial charge in [-0.1, -0.05) is 35.4 Å². The van der Waals surface area contributed by atoms with Crippen molar-refractivity contribution < 1.29 is 13.3 Å². The number of nitrogens with zero attached hydrogens (tertiary/aromatic N) is 4. The Morgan fingerprint density at radius 2 is 2.00 bits per heavy atom. The van der Waals surface area contributed by atoms with Gasteiger partial charge in [0.1, 0.15) is 11.6 Å².